The molecule has 0 aromatic carbocycles. The van der Waals surface area contributed by atoms with Gasteiger partial charge in [0.25, 0.3) is 11.5 Å². The molecule has 0 radical (unpaired) electrons. The van der Waals surface area contributed by atoms with Crippen molar-refractivity contribution < 1.29 is 14.3 Å². The van der Waals surface area contributed by atoms with E-state index in [-0.39, 0.29) is 23.9 Å². The first kappa shape index (κ1) is 26.8. The molecule has 0 unspecified atom stereocenters. The number of halogens is 2. The third kappa shape index (κ3) is 6.16. The Labute approximate surface area is 226 Å². The summed E-state index contributed by atoms with van der Waals surface area (Å²) in [5, 5.41) is 4.57. The second kappa shape index (κ2) is 11.0. The highest BCUT2D eigenvalue weighted by Crippen LogP contribution is 2.26. The minimum Gasteiger partial charge on any atom is -0.378 e. The number of nitrogens with zero attached hydrogens (tertiary/aromatic N) is 4. The molecule has 1 fully saturated rings. The molecule has 0 saturated carbocycles. The molecule has 3 aromatic rings. The van der Waals surface area contributed by atoms with Gasteiger partial charge in [0.2, 0.25) is 5.91 Å². The highest BCUT2D eigenvalue weighted by atomic mass is 79.9. The topological polar surface area (TPSA) is 86.4 Å². The van der Waals surface area contributed by atoms with Crippen LogP contribution < -0.4 is 5.56 Å². The fourth-order valence-corrected chi connectivity index (χ4v) is 5.48. The second-order valence-electron chi connectivity index (χ2n) is 9.69. The van der Waals surface area contributed by atoms with Crippen LogP contribution in [0.2, 0.25) is 4.34 Å². The van der Waals surface area contributed by atoms with Crippen molar-refractivity contribution in [3.8, 4) is 11.3 Å². The van der Waals surface area contributed by atoms with Crippen LogP contribution in [0.4, 0.5) is 0 Å². The van der Waals surface area contributed by atoms with Crippen LogP contribution in [0, 0.1) is 5.41 Å². The zero-order valence-corrected chi connectivity index (χ0v) is 23.6. The number of hydrogen-bond acceptors (Lipinski definition) is 6. The fourth-order valence-electron chi connectivity index (χ4n) is 3.92. The van der Waals surface area contributed by atoms with E-state index in [1.54, 1.807) is 23.2 Å². The number of thiophene rings is 1. The molecule has 4 heterocycles. The van der Waals surface area contributed by atoms with Gasteiger partial charge in [0.05, 0.1) is 28.8 Å². The highest BCUT2D eigenvalue weighted by molar-refractivity contribution is 9.10. The van der Waals surface area contributed by atoms with Gasteiger partial charge in [-0.2, -0.15) is 5.10 Å². The molecular formula is C25H28BrClN4O4S. The lowest BCUT2D eigenvalue weighted by Crippen LogP contribution is -2.43. The van der Waals surface area contributed by atoms with Gasteiger partial charge in [0, 0.05) is 39.7 Å². The SMILES string of the molecule is CC(C)(C)C(=O)n1nc(-c2cc(Br)cn(CC(=O)N3CCOCC3)c2=O)cc1CCc1ccc(Cl)s1. The zero-order valence-electron chi connectivity index (χ0n) is 20.4. The molecule has 0 N–H and O–H groups in total. The fraction of sp³-hybridized carbons (Fsp3) is 0.440. The molecule has 11 heteroatoms. The smallest absolute Gasteiger partial charge is 0.260 e. The lowest BCUT2D eigenvalue weighted by Gasteiger charge is -2.27. The van der Waals surface area contributed by atoms with Crippen LogP contribution in [0.1, 0.15) is 36.1 Å². The number of pyridine rings is 1. The molecule has 1 saturated heterocycles. The monoisotopic (exact) mass is 594 g/mol. The Hall–Kier alpha value is -2.27. The molecule has 1 amide bonds. The number of aromatic nitrogens is 3. The summed E-state index contributed by atoms with van der Waals surface area (Å²) in [5.74, 6) is -0.307. The maximum absolute atomic E-state index is 13.4. The molecule has 8 nitrogen and oxygen atoms in total. The first-order valence-corrected chi connectivity index (χ1v) is 13.7. The van der Waals surface area contributed by atoms with Gasteiger partial charge >= 0.3 is 0 Å². The molecule has 36 heavy (non-hydrogen) atoms. The molecular weight excluding hydrogens is 568 g/mol. The largest absolute Gasteiger partial charge is 0.378 e. The number of morpholine rings is 1. The van der Waals surface area contributed by atoms with Crippen molar-refractivity contribution >= 4 is 50.7 Å². The van der Waals surface area contributed by atoms with Crippen LogP contribution >= 0.6 is 38.9 Å². The van der Waals surface area contributed by atoms with E-state index in [4.69, 9.17) is 16.3 Å². The minimum absolute atomic E-state index is 0.0844. The third-order valence-corrected chi connectivity index (χ3v) is 7.60. The zero-order chi connectivity index (χ0) is 26.0. The first-order valence-electron chi connectivity index (χ1n) is 11.7. The van der Waals surface area contributed by atoms with E-state index in [2.05, 4.69) is 21.0 Å². The summed E-state index contributed by atoms with van der Waals surface area (Å²) in [6.45, 7) is 7.42. The number of ether oxygens (including phenoxy) is 1. The van der Waals surface area contributed by atoms with Gasteiger partial charge in [-0.05, 0) is 53.0 Å². The van der Waals surface area contributed by atoms with Gasteiger partial charge in [0.15, 0.2) is 0 Å². The maximum atomic E-state index is 13.4. The summed E-state index contributed by atoms with van der Waals surface area (Å²) in [7, 11) is 0. The Balaban J connectivity index is 1.68. The van der Waals surface area contributed by atoms with Crippen molar-refractivity contribution in [1.29, 1.82) is 0 Å². The summed E-state index contributed by atoms with van der Waals surface area (Å²) in [6.07, 6.45) is 2.85. The average Bonchev–Trinajstić information content (AvgIpc) is 3.45. The summed E-state index contributed by atoms with van der Waals surface area (Å²) in [4.78, 5) is 42.2. The van der Waals surface area contributed by atoms with Crippen molar-refractivity contribution in [1.82, 2.24) is 19.2 Å². The molecule has 192 valence electrons. The van der Waals surface area contributed by atoms with Crippen LogP contribution in [0.25, 0.3) is 11.3 Å². The first-order chi connectivity index (χ1) is 17.0. The van der Waals surface area contributed by atoms with E-state index >= 15 is 0 Å². The van der Waals surface area contributed by atoms with E-state index in [1.165, 1.54) is 20.6 Å². The number of rotatable bonds is 6. The highest BCUT2D eigenvalue weighted by Gasteiger charge is 2.27. The van der Waals surface area contributed by atoms with Crippen molar-refractivity contribution in [3.05, 3.63) is 60.2 Å². The van der Waals surface area contributed by atoms with E-state index in [1.807, 2.05) is 32.9 Å². The number of hydrogen-bond donors (Lipinski definition) is 0. The number of carbonyl (C=O) groups excluding carboxylic acids is 2. The normalized spacial score (nSPS) is 14.3. The Morgan fingerprint density at radius 1 is 1.17 bits per heavy atom. The summed E-state index contributed by atoms with van der Waals surface area (Å²) >= 11 is 11.0. The minimum atomic E-state index is -0.660. The van der Waals surface area contributed by atoms with Crippen LogP contribution in [-0.2, 0) is 28.9 Å². The average molecular weight is 596 g/mol. The molecule has 4 rings (SSSR count). The maximum Gasteiger partial charge on any atom is 0.260 e. The van der Waals surface area contributed by atoms with Gasteiger partial charge < -0.3 is 14.2 Å². The molecule has 0 spiro atoms. The van der Waals surface area contributed by atoms with E-state index in [0.717, 1.165) is 4.88 Å². The summed E-state index contributed by atoms with van der Waals surface area (Å²) in [6, 6.07) is 7.29. The quantitative estimate of drug-likeness (QED) is 0.418. The standard InChI is InChI=1S/C25H28BrClN4O4S/c1-25(2,3)24(34)31-17(4-5-18-6-7-21(27)36-18)13-20(28-31)19-12-16(26)14-30(23(19)33)15-22(32)29-8-10-35-11-9-29/h6-7,12-14H,4-5,8-11,15H2,1-3H3. The van der Waals surface area contributed by atoms with E-state index < -0.39 is 5.41 Å². The number of amides is 1. The van der Waals surface area contributed by atoms with E-state index in [0.29, 0.717) is 64.9 Å². The van der Waals surface area contributed by atoms with Gasteiger partial charge in [-0.25, -0.2) is 4.68 Å². The molecule has 0 bridgehead atoms. The van der Waals surface area contributed by atoms with Crippen molar-refractivity contribution in [2.45, 2.75) is 40.2 Å². The Morgan fingerprint density at radius 3 is 2.53 bits per heavy atom. The van der Waals surface area contributed by atoms with Crippen LogP contribution in [0.3, 0.4) is 0 Å². The van der Waals surface area contributed by atoms with Crippen molar-refractivity contribution in [3.63, 3.8) is 0 Å². The predicted octanol–water partition coefficient (Wildman–Crippen LogP) is 4.52. The van der Waals surface area contributed by atoms with Gasteiger partial charge in [0.1, 0.15) is 6.54 Å². The van der Waals surface area contributed by atoms with E-state index in [9.17, 15) is 14.4 Å². The van der Waals surface area contributed by atoms with Crippen LogP contribution in [0.15, 0.2) is 39.7 Å². The van der Waals surface area contributed by atoms with Gasteiger partial charge in [-0.15, -0.1) is 11.3 Å². The summed E-state index contributed by atoms with van der Waals surface area (Å²) in [5.41, 5.74) is 0.423. The number of aryl methyl sites for hydroxylation is 2. The predicted molar refractivity (Wildman–Crippen MR) is 144 cm³/mol. The number of carbonyl (C=O) groups is 2. The lowest BCUT2D eigenvalue weighted by atomic mass is 9.95. The van der Waals surface area contributed by atoms with Gasteiger partial charge in [-0.3, -0.25) is 14.4 Å². The van der Waals surface area contributed by atoms with Gasteiger partial charge in [-0.1, -0.05) is 32.4 Å². The lowest BCUT2D eigenvalue weighted by molar-refractivity contribution is -0.135. The second-order valence-corrected chi connectivity index (χ2v) is 12.4. The Bertz CT molecular complexity index is 1330. The molecule has 0 atom stereocenters. The Morgan fingerprint density at radius 2 is 1.89 bits per heavy atom. The van der Waals surface area contributed by atoms with Crippen molar-refractivity contribution in [2.24, 2.45) is 5.41 Å². The molecule has 0 aliphatic carbocycles. The van der Waals surface area contributed by atoms with Crippen LogP contribution in [0.5, 0.6) is 0 Å². The summed E-state index contributed by atoms with van der Waals surface area (Å²) < 4.78 is 9.46. The van der Waals surface area contributed by atoms with Crippen molar-refractivity contribution in [2.75, 3.05) is 26.3 Å². The molecule has 1 aliphatic heterocycles. The molecule has 3 aromatic heterocycles. The third-order valence-electron chi connectivity index (χ3n) is 5.87. The van der Waals surface area contributed by atoms with Crippen LogP contribution in [-0.4, -0.2) is 57.4 Å². The molecule has 1 aliphatic rings. The Kier molecular flexibility index (Phi) is 8.18.